The van der Waals surface area contributed by atoms with Crippen molar-refractivity contribution in [3.63, 3.8) is 0 Å². The van der Waals surface area contributed by atoms with E-state index in [-0.39, 0.29) is 0 Å². The Morgan fingerprint density at radius 2 is 1.92 bits per heavy atom. The Morgan fingerprint density at radius 1 is 1.12 bits per heavy atom. The number of benzene rings is 1. The van der Waals surface area contributed by atoms with Crippen LogP contribution in [-0.4, -0.2) is 25.8 Å². The number of anilines is 1. The van der Waals surface area contributed by atoms with Gasteiger partial charge in [0.25, 0.3) is 0 Å². The number of hydrogen-bond acceptors (Lipinski definition) is 4. The summed E-state index contributed by atoms with van der Waals surface area (Å²) >= 11 is 0. The van der Waals surface area contributed by atoms with Crippen molar-refractivity contribution in [3.8, 4) is 11.3 Å². The highest BCUT2D eigenvalue weighted by molar-refractivity contribution is 5.65. The molecule has 1 atom stereocenters. The normalized spacial score (nSPS) is 16.5. The van der Waals surface area contributed by atoms with Crippen molar-refractivity contribution in [1.82, 2.24) is 19.7 Å². The Bertz CT molecular complexity index is 912. The van der Waals surface area contributed by atoms with Gasteiger partial charge in [0.1, 0.15) is 0 Å². The highest BCUT2D eigenvalue weighted by Gasteiger charge is 2.19. The fourth-order valence-corrected chi connectivity index (χ4v) is 3.72. The lowest BCUT2D eigenvalue weighted by atomic mass is 9.88. The summed E-state index contributed by atoms with van der Waals surface area (Å²) in [5, 5.41) is 8.02. The number of hydrogen-bond donors (Lipinski definition) is 1. The van der Waals surface area contributed by atoms with Crippen LogP contribution in [0.3, 0.4) is 0 Å². The molecule has 0 unspecified atom stereocenters. The van der Waals surface area contributed by atoms with Crippen LogP contribution in [0.15, 0.2) is 36.5 Å². The number of nitrogens with one attached hydrogen (secondary N) is 1. The summed E-state index contributed by atoms with van der Waals surface area (Å²) in [7, 11) is 1.96. The van der Waals surface area contributed by atoms with E-state index < -0.39 is 0 Å². The summed E-state index contributed by atoms with van der Waals surface area (Å²) in [5.74, 6) is 0.699. The third-order valence-electron chi connectivity index (χ3n) is 5.10. The molecular weight excluding hydrogens is 310 g/mol. The molecule has 0 radical (unpaired) electrons. The van der Waals surface area contributed by atoms with Gasteiger partial charge in [-0.1, -0.05) is 24.3 Å². The van der Waals surface area contributed by atoms with E-state index >= 15 is 0 Å². The van der Waals surface area contributed by atoms with Crippen LogP contribution in [0, 0.1) is 13.8 Å². The number of fused-ring (bicyclic) bond motifs is 1. The zero-order valence-corrected chi connectivity index (χ0v) is 15.0. The van der Waals surface area contributed by atoms with Crippen LogP contribution >= 0.6 is 0 Å². The van der Waals surface area contributed by atoms with Crippen LogP contribution in [-0.2, 0) is 19.9 Å². The van der Waals surface area contributed by atoms with Crippen molar-refractivity contribution in [3.05, 3.63) is 59.0 Å². The lowest BCUT2D eigenvalue weighted by molar-refractivity contribution is 0.606. The maximum Gasteiger partial charge on any atom is 0.223 e. The summed E-state index contributed by atoms with van der Waals surface area (Å²) in [5.41, 5.74) is 7.04. The van der Waals surface area contributed by atoms with Gasteiger partial charge < -0.3 is 5.32 Å². The minimum atomic E-state index is 0.376. The van der Waals surface area contributed by atoms with Crippen molar-refractivity contribution in [2.45, 2.75) is 39.2 Å². The molecular formula is C20H23N5. The predicted molar refractivity (Wildman–Crippen MR) is 99.6 cm³/mol. The van der Waals surface area contributed by atoms with Crippen LogP contribution in [0.1, 0.15) is 28.9 Å². The largest absolute Gasteiger partial charge is 0.351 e. The van der Waals surface area contributed by atoms with Crippen LogP contribution in [0.4, 0.5) is 5.95 Å². The minimum Gasteiger partial charge on any atom is -0.351 e. The van der Waals surface area contributed by atoms with E-state index in [4.69, 9.17) is 4.98 Å². The first-order valence-corrected chi connectivity index (χ1v) is 8.79. The monoisotopic (exact) mass is 333 g/mol. The van der Waals surface area contributed by atoms with E-state index in [1.807, 2.05) is 30.9 Å². The molecule has 0 bridgehead atoms. The first kappa shape index (κ1) is 15.8. The summed E-state index contributed by atoms with van der Waals surface area (Å²) in [6, 6.07) is 11.0. The quantitative estimate of drug-likeness (QED) is 0.797. The highest BCUT2D eigenvalue weighted by atomic mass is 15.3. The van der Waals surface area contributed by atoms with Crippen molar-refractivity contribution in [2.75, 3.05) is 5.32 Å². The SMILES string of the molecule is Cc1nn(C)c(C)c1-c1ccnc(N[C@@H]2CCc3ccccc3C2)n1. The molecule has 0 saturated carbocycles. The van der Waals surface area contributed by atoms with Gasteiger partial charge in [-0.3, -0.25) is 4.68 Å². The third-order valence-corrected chi connectivity index (χ3v) is 5.10. The second kappa shape index (κ2) is 6.31. The molecule has 4 rings (SSSR count). The van der Waals surface area contributed by atoms with Gasteiger partial charge >= 0.3 is 0 Å². The molecule has 0 saturated heterocycles. The van der Waals surface area contributed by atoms with Crippen molar-refractivity contribution in [2.24, 2.45) is 7.05 Å². The lowest BCUT2D eigenvalue weighted by Crippen LogP contribution is -2.28. The van der Waals surface area contributed by atoms with Crippen molar-refractivity contribution < 1.29 is 0 Å². The van der Waals surface area contributed by atoms with Gasteiger partial charge in [-0.2, -0.15) is 5.10 Å². The Hall–Kier alpha value is -2.69. The summed E-state index contributed by atoms with van der Waals surface area (Å²) in [6.45, 7) is 4.10. The van der Waals surface area contributed by atoms with Crippen LogP contribution in [0.5, 0.6) is 0 Å². The van der Waals surface area contributed by atoms with E-state index in [1.54, 1.807) is 0 Å². The summed E-state index contributed by atoms with van der Waals surface area (Å²) in [6.07, 6.45) is 5.06. The van der Waals surface area contributed by atoms with Gasteiger partial charge in [0.15, 0.2) is 0 Å². The molecule has 0 fully saturated rings. The molecule has 1 N–H and O–H groups in total. The summed E-state index contributed by atoms with van der Waals surface area (Å²) in [4.78, 5) is 9.18. The average molecular weight is 333 g/mol. The number of rotatable bonds is 3. The molecule has 0 amide bonds. The van der Waals surface area contributed by atoms with Gasteiger partial charge in [0, 0.05) is 30.5 Å². The fourth-order valence-electron chi connectivity index (χ4n) is 3.72. The molecule has 0 spiro atoms. The maximum atomic E-state index is 4.75. The molecule has 25 heavy (non-hydrogen) atoms. The molecule has 3 aromatic rings. The molecule has 1 aliphatic carbocycles. The zero-order valence-electron chi connectivity index (χ0n) is 15.0. The van der Waals surface area contributed by atoms with E-state index in [1.165, 1.54) is 11.1 Å². The second-order valence-electron chi connectivity index (χ2n) is 6.79. The van der Waals surface area contributed by atoms with Gasteiger partial charge in [0.05, 0.1) is 11.4 Å². The van der Waals surface area contributed by atoms with Crippen molar-refractivity contribution in [1.29, 1.82) is 0 Å². The average Bonchev–Trinajstić information content (AvgIpc) is 2.87. The molecule has 2 heterocycles. The Morgan fingerprint density at radius 3 is 2.68 bits per heavy atom. The Kier molecular flexibility index (Phi) is 3.99. The van der Waals surface area contributed by atoms with Crippen LogP contribution < -0.4 is 5.32 Å². The number of aromatic nitrogens is 4. The van der Waals surface area contributed by atoms with Crippen LogP contribution in [0.2, 0.25) is 0 Å². The van der Waals surface area contributed by atoms with Gasteiger partial charge in [-0.15, -0.1) is 0 Å². The molecule has 1 aliphatic rings. The Balaban J connectivity index is 1.57. The standard InChI is InChI=1S/C20H23N5/c1-13-19(14(2)25(3)24-13)18-10-11-21-20(23-18)22-17-9-8-15-6-4-5-7-16(15)12-17/h4-7,10-11,17H,8-9,12H2,1-3H3,(H,21,22,23)/t17-/m1/s1. The first-order chi connectivity index (χ1) is 12.1. The number of nitrogens with zero attached hydrogens (tertiary/aromatic N) is 4. The van der Waals surface area contributed by atoms with Gasteiger partial charge in [0.2, 0.25) is 5.95 Å². The first-order valence-electron chi connectivity index (χ1n) is 8.79. The number of aryl methyl sites for hydroxylation is 3. The molecule has 2 aromatic heterocycles. The van der Waals surface area contributed by atoms with Crippen molar-refractivity contribution >= 4 is 5.95 Å². The molecule has 1 aromatic carbocycles. The third kappa shape index (κ3) is 3.02. The zero-order chi connectivity index (χ0) is 17.4. The molecule has 5 nitrogen and oxygen atoms in total. The molecule has 0 aliphatic heterocycles. The molecule has 5 heteroatoms. The summed E-state index contributed by atoms with van der Waals surface area (Å²) < 4.78 is 1.90. The topological polar surface area (TPSA) is 55.6 Å². The Labute approximate surface area is 148 Å². The predicted octanol–water partition coefficient (Wildman–Crippen LogP) is 3.46. The van der Waals surface area contributed by atoms with Crippen LogP contribution in [0.25, 0.3) is 11.3 Å². The molecule has 128 valence electrons. The van der Waals surface area contributed by atoms with E-state index in [0.29, 0.717) is 12.0 Å². The van der Waals surface area contributed by atoms with E-state index in [0.717, 1.165) is 41.9 Å². The second-order valence-corrected chi connectivity index (χ2v) is 6.79. The van der Waals surface area contributed by atoms with Gasteiger partial charge in [-0.05, 0) is 50.3 Å². The lowest BCUT2D eigenvalue weighted by Gasteiger charge is -2.25. The van der Waals surface area contributed by atoms with E-state index in [2.05, 4.69) is 46.6 Å². The highest BCUT2D eigenvalue weighted by Crippen LogP contribution is 2.26. The fraction of sp³-hybridized carbons (Fsp3) is 0.350. The minimum absolute atomic E-state index is 0.376. The van der Waals surface area contributed by atoms with Gasteiger partial charge in [-0.25, -0.2) is 9.97 Å². The van der Waals surface area contributed by atoms with E-state index in [9.17, 15) is 0 Å². The smallest absolute Gasteiger partial charge is 0.223 e. The maximum absolute atomic E-state index is 4.75.